The van der Waals surface area contributed by atoms with Gasteiger partial charge in [-0.05, 0) is 37.5 Å². The molecule has 7 heteroatoms. The number of alkyl halides is 3. The van der Waals surface area contributed by atoms with Gasteiger partial charge in [-0.3, -0.25) is 4.79 Å². The smallest absolute Gasteiger partial charge is 0.385 e. The summed E-state index contributed by atoms with van der Waals surface area (Å²) in [5.74, 6) is -0.500. The van der Waals surface area contributed by atoms with Crippen molar-refractivity contribution in [3.63, 3.8) is 0 Å². The molecule has 0 radical (unpaired) electrons. The predicted octanol–water partition coefficient (Wildman–Crippen LogP) is 4.01. The van der Waals surface area contributed by atoms with E-state index in [1.54, 1.807) is 7.11 Å². The molecule has 1 rings (SSSR count). The number of methoxy groups -OCH3 is 1. The van der Waals surface area contributed by atoms with Gasteiger partial charge in [0.25, 0.3) is 5.91 Å². The second kappa shape index (κ2) is 8.38. The highest BCUT2D eigenvalue weighted by Gasteiger charge is 2.33. The van der Waals surface area contributed by atoms with Gasteiger partial charge >= 0.3 is 6.18 Å². The lowest BCUT2D eigenvalue weighted by molar-refractivity contribution is -0.138. The van der Waals surface area contributed by atoms with E-state index in [0.29, 0.717) is 13.2 Å². The number of hydrogen-bond donors (Lipinski definition) is 1. The molecule has 0 saturated heterocycles. The lowest BCUT2D eigenvalue weighted by Gasteiger charge is -2.11. The van der Waals surface area contributed by atoms with E-state index >= 15 is 0 Å². The van der Waals surface area contributed by atoms with Crippen molar-refractivity contribution in [2.24, 2.45) is 0 Å². The Morgan fingerprint density at radius 2 is 2.00 bits per heavy atom. The Hall–Kier alpha value is -1.08. The summed E-state index contributed by atoms with van der Waals surface area (Å²) in [4.78, 5) is 11.8. The first-order valence-corrected chi connectivity index (χ1v) is 7.29. The number of carbonyl (C=O) groups excluding carboxylic acids is 1. The average Bonchev–Trinajstić information content (AvgIpc) is 2.41. The molecule has 1 aromatic rings. The van der Waals surface area contributed by atoms with Gasteiger partial charge in [-0.1, -0.05) is 15.9 Å². The van der Waals surface area contributed by atoms with Crippen molar-refractivity contribution in [1.29, 1.82) is 0 Å². The van der Waals surface area contributed by atoms with Gasteiger partial charge in [-0.25, -0.2) is 0 Å². The van der Waals surface area contributed by atoms with E-state index in [1.165, 1.54) is 12.1 Å². The Labute approximate surface area is 130 Å². The third kappa shape index (κ3) is 6.05. The Bertz CT molecular complexity index is 478. The molecule has 0 saturated carbocycles. The summed E-state index contributed by atoms with van der Waals surface area (Å²) in [6.07, 6.45) is -1.95. The van der Waals surface area contributed by atoms with Gasteiger partial charge in [0.15, 0.2) is 0 Å². The number of ether oxygens (including phenoxy) is 1. The molecule has 1 amide bonds. The molecule has 21 heavy (non-hydrogen) atoms. The minimum Gasteiger partial charge on any atom is -0.385 e. The number of unbranched alkanes of at least 4 members (excludes halogenated alkanes) is 2. The van der Waals surface area contributed by atoms with Gasteiger partial charge in [0.1, 0.15) is 0 Å². The van der Waals surface area contributed by atoms with Crippen LogP contribution >= 0.6 is 15.9 Å². The summed E-state index contributed by atoms with van der Waals surface area (Å²) in [7, 11) is 1.62. The number of carbonyl (C=O) groups is 1. The highest BCUT2D eigenvalue weighted by molar-refractivity contribution is 9.10. The molecule has 0 bridgehead atoms. The molecule has 0 spiro atoms. The molecule has 0 unspecified atom stereocenters. The molecule has 0 heterocycles. The van der Waals surface area contributed by atoms with Gasteiger partial charge in [-0.2, -0.15) is 13.2 Å². The van der Waals surface area contributed by atoms with Crippen LogP contribution in [0, 0.1) is 0 Å². The zero-order chi connectivity index (χ0) is 15.9. The topological polar surface area (TPSA) is 38.3 Å². The minimum absolute atomic E-state index is 0.00224. The molecule has 0 aliphatic rings. The van der Waals surface area contributed by atoms with Crippen molar-refractivity contribution in [3.05, 3.63) is 33.8 Å². The number of rotatable bonds is 7. The molecule has 1 aromatic carbocycles. The van der Waals surface area contributed by atoms with Gasteiger partial charge in [0.05, 0.1) is 5.56 Å². The third-order valence-corrected chi connectivity index (χ3v) is 3.54. The maximum atomic E-state index is 12.7. The fourth-order valence-electron chi connectivity index (χ4n) is 1.74. The Morgan fingerprint density at radius 1 is 1.29 bits per heavy atom. The second-order valence-electron chi connectivity index (χ2n) is 4.50. The third-order valence-electron chi connectivity index (χ3n) is 2.84. The molecule has 118 valence electrons. The van der Waals surface area contributed by atoms with Gasteiger partial charge < -0.3 is 10.1 Å². The summed E-state index contributed by atoms with van der Waals surface area (Å²) in [6.45, 7) is 1.09. The van der Waals surface area contributed by atoms with E-state index in [0.717, 1.165) is 25.3 Å². The molecule has 0 atom stereocenters. The van der Waals surface area contributed by atoms with E-state index in [9.17, 15) is 18.0 Å². The monoisotopic (exact) mass is 367 g/mol. The maximum absolute atomic E-state index is 12.7. The van der Waals surface area contributed by atoms with E-state index in [1.807, 2.05) is 0 Å². The Balaban J connectivity index is 2.55. The lowest BCUT2D eigenvalue weighted by atomic mass is 10.1. The van der Waals surface area contributed by atoms with Crippen molar-refractivity contribution < 1.29 is 22.7 Å². The standard InChI is InChI=1S/C14H17BrF3NO2/c1-21-8-4-2-3-7-19-13(20)10-5-6-12(15)11(9-10)14(16,17)18/h5-6,9H,2-4,7-8H2,1H3,(H,19,20). The van der Waals surface area contributed by atoms with Crippen LogP contribution in [0.4, 0.5) is 13.2 Å². The molecular weight excluding hydrogens is 351 g/mol. The Kier molecular flexibility index (Phi) is 7.17. The second-order valence-corrected chi connectivity index (χ2v) is 5.36. The van der Waals surface area contributed by atoms with Gasteiger partial charge in [0, 0.05) is 30.3 Å². The van der Waals surface area contributed by atoms with Crippen LogP contribution in [0.2, 0.25) is 0 Å². The molecular formula is C14H17BrF3NO2. The van der Waals surface area contributed by atoms with Crippen LogP contribution in [0.25, 0.3) is 0 Å². The van der Waals surface area contributed by atoms with Gasteiger partial charge in [0.2, 0.25) is 0 Å². The van der Waals surface area contributed by atoms with Crippen LogP contribution in [0.1, 0.15) is 35.2 Å². The maximum Gasteiger partial charge on any atom is 0.417 e. The highest BCUT2D eigenvalue weighted by Crippen LogP contribution is 2.35. The quantitative estimate of drug-likeness (QED) is 0.739. The minimum atomic E-state index is -4.49. The van der Waals surface area contributed by atoms with Crippen LogP contribution in [0.15, 0.2) is 22.7 Å². The first-order valence-electron chi connectivity index (χ1n) is 6.50. The van der Waals surface area contributed by atoms with E-state index in [-0.39, 0.29) is 10.0 Å². The number of halogens is 4. The normalized spacial score (nSPS) is 11.5. The van der Waals surface area contributed by atoms with Crippen LogP contribution in [-0.4, -0.2) is 26.2 Å². The van der Waals surface area contributed by atoms with Crippen molar-refractivity contribution in [3.8, 4) is 0 Å². The largest absolute Gasteiger partial charge is 0.417 e. The van der Waals surface area contributed by atoms with Crippen LogP contribution in [0.3, 0.4) is 0 Å². The lowest BCUT2D eigenvalue weighted by Crippen LogP contribution is -2.25. The number of hydrogen-bond acceptors (Lipinski definition) is 2. The first kappa shape index (κ1) is 18.0. The van der Waals surface area contributed by atoms with E-state index in [4.69, 9.17) is 4.74 Å². The number of nitrogens with one attached hydrogen (secondary N) is 1. The van der Waals surface area contributed by atoms with Gasteiger partial charge in [-0.15, -0.1) is 0 Å². The summed E-state index contributed by atoms with van der Waals surface area (Å²) >= 11 is 2.84. The fourth-order valence-corrected chi connectivity index (χ4v) is 2.21. The zero-order valence-electron chi connectivity index (χ0n) is 11.6. The molecule has 0 fully saturated rings. The van der Waals surface area contributed by atoms with Crippen LogP contribution in [-0.2, 0) is 10.9 Å². The summed E-state index contributed by atoms with van der Waals surface area (Å²) in [5, 5.41) is 2.61. The van der Waals surface area contributed by atoms with Crippen molar-refractivity contribution in [1.82, 2.24) is 5.32 Å². The number of amides is 1. The SMILES string of the molecule is COCCCCCNC(=O)c1ccc(Br)c(C(F)(F)F)c1. The predicted molar refractivity (Wildman–Crippen MR) is 77.2 cm³/mol. The average molecular weight is 368 g/mol. The van der Waals surface area contributed by atoms with Crippen molar-refractivity contribution in [2.75, 3.05) is 20.3 Å². The molecule has 0 aliphatic heterocycles. The summed E-state index contributed by atoms with van der Waals surface area (Å²) in [6, 6.07) is 3.44. The fraction of sp³-hybridized carbons (Fsp3) is 0.500. The number of benzene rings is 1. The highest BCUT2D eigenvalue weighted by atomic mass is 79.9. The molecule has 1 N–H and O–H groups in total. The summed E-state index contributed by atoms with van der Waals surface area (Å²) in [5.41, 5.74) is -0.849. The van der Waals surface area contributed by atoms with E-state index < -0.39 is 17.6 Å². The van der Waals surface area contributed by atoms with E-state index in [2.05, 4.69) is 21.2 Å². The van der Waals surface area contributed by atoms with Crippen molar-refractivity contribution in [2.45, 2.75) is 25.4 Å². The summed E-state index contributed by atoms with van der Waals surface area (Å²) < 4.78 is 43.0. The van der Waals surface area contributed by atoms with Crippen molar-refractivity contribution >= 4 is 21.8 Å². The molecule has 0 aromatic heterocycles. The first-order chi connectivity index (χ1) is 9.86. The Morgan fingerprint density at radius 3 is 2.62 bits per heavy atom. The molecule has 3 nitrogen and oxygen atoms in total. The molecule has 0 aliphatic carbocycles. The van der Waals surface area contributed by atoms with Crippen LogP contribution < -0.4 is 5.32 Å². The van der Waals surface area contributed by atoms with Crippen LogP contribution in [0.5, 0.6) is 0 Å². The zero-order valence-corrected chi connectivity index (χ0v) is 13.2.